The summed E-state index contributed by atoms with van der Waals surface area (Å²) in [5, 5.41) is 14.0. The number of aliphatic hydroxyl groups excluding tert-OH is 1. The van der Waals surface area contributed by atoms with Gasteiger partial charge in [0, 0.05) is 6.42 Å². The Labute approximate surface area is 497 Å². The molecule has 0 spiro atoms. The minimum absolute atomic E-state index is 0.0534. The Morgan fingerprint density at radius 2 is 0.762 bits per heavy atom. The molecule has 0 saturated heterocycles. The fourth-order valence-corrected chi connectivity index (χ4v) is 10.6. The van der Waals surface area contributed by atoms with E-state index in [2.05, 4.69) is 92.1 Å². The zero-order valence-electron chi connectivity index (χ0n) is 53.3. The molecule has 0 fully saturated rings. The Kier molecular flexibility index (Phi) is 59.5. The molecule has 0 heterocycles. The summed E-state index contributed by atoms with van der Waals surface area (Å²) in [6.07, 6.45) is 87.3. The van der Waals surface area contributed by atoms with E-state index in [-0.39, 0.29) is 19.1 Å². The fraction of sp³-hybridized carbons (Fsp3) is 0.789. The Hall–Kier alpha value is -2.32. The molecule has 3 N–H and O–H groups in total. The van der Waals surface area contributed by atoms with Gasteiger partial charge < -0.3 is 19.8 Å². The number of hydrogen-bond donors (Lipinski definition) is 3. The molecule has 0 aromatic rings. The predicted molar refractivity (Wildman–Crippen MR) is 350 cm³/mol. The summed E-state index contributed by atoms with van der Waals surface area (Å²) in [4.78, 5) is 23.4. The largest absolute Gasteiger partial charge is 0.472 e. The number of quaternary nitrogens is 1. The number of unbranched alkanes of at least 4 members (excludes halogenated alkanes) is 37. The molecule has 1 amide bonds. The van der Waals surface area contributed by atoms with Gasteiger partial charge in [-0.25, -0.2) is 4.57 Å². The normalized spacial score (nSPS) is 14.2. The van der Waals surface area contributed by atoms with Gasteiger partial charge in [-0.1, -0.05) is 311 Å². The number of nitrogens with zero attached hydrogens (tertiary/aromatic N) is 1. The number of phosphoric ester groups is 1. The Bertz CT molecular complexity index is 1580. The van der Waals surface area contributed by atoms with Gasteiger partial charge in [0.05, 0.1) is 39.9 Å². The maximum absolute atomic E-state index is 13.0. The van der Waals surface area contributed by atoms with Crippen molar-refractivity contribution < 1.29 is 32.9 Å². The molecule has 466 valence electrons. The van der Waals surface area contributed by atoms with Crippen LogP contribution in [0.3, 0.4) is 0 Å². The van der Waals surface area contributed by atoms with E-state index in [0.29, 0.717) is 17.4 Å². The highest BCUT2D eigenvalue weighted by molar-refractivity contribution is 7.47. The molecule has 0 bridgehead atoms. The number of amides is 1. The van der Waals surface area contributed by atoms with Gasteiger partial charge in [-0.05, 0) is 77.0 Å². The van der Waals surface area contributed by atoms with Crippen molar-refractivity contribution in [2.75, 3.05) is 40.9 Å². The zero-order valence-corrected chi connectivity index (χ0v) is 54.2. The second-order valence-corrected chi connectivity index (χ2v) is 25.6. The van der Waals surface area contributed by atoms with Crippen molar-refractivity contribution in [3.05, 3.63) is 85.1 Å². The lowest BCUT2D eigenvalue weighted by Gasteiger charge is -2.25. The third kappa shape index (κ3) is 63.3. The first-order valence-corrected chi connectivity index (χ1v) is 35.5. The second kappa shape index (κ2) is 61.2. The number of carbonyl (C=O) groups is 1. The lowest BCUT2D eigenvalue weighted by Crippen LogP contribution is -2.45. The highest BCUT2D eigenvalue weighted by atomic mass is 31.2. The van der Waals surface area contributed by atoms with E-state index in [4.69, 9.17) is 9.05 Å². The van der Waals surface area contributed by atoms with Crippen molar-refractivity contribution in [2.24, 2.45) is 0 Å². The molecule has 8 nitrogen and oxygen atoms in total. The van der Waals surface area contributed by atoms with Crippen LogP contribution in [0.25, 0.3) is 0 Å². The average Bonchev–Trinajstić information content (AvgIpc) is 3.42. The van der Waals surface area contributed by atoms with E-state index >= 15 is 0 Å². The highest BCUT2D eigenvalue weighted by Crippen LogP contribution is 2.43. The first kappa shape index (κ1) is 77.7. The van der Waals surface area contributed by atoms with Crippen LogP contribution in [0, 0.1) is 0 Å². The van der Waals surface area contributed by atoms with E-state index < -0.39 is 20.0 Å². The first-order chi connectivity index (χ1) is 39.0. The molecule has 80 heavy (non-hydrogen) atoms. The predicted octanol–water partition coefficient (Wildman–Crippen LogP) is 21.5. The third-order valence-electron chi connectivity index (χ3n) is 15.1. The summed E-state index contributed by atoms with van der Waals surface area (Å²) in [6, 6.07) is -0.870. The fourth-order valence-electron chi connectivity index (χ4n) is 9.85. The van der Waals surface area contributed by atoms with Crippen molar-refractivity contribution in [3.63, 3.8) is 0 Å². The summed E-state index contributed by atoms with van der Waals surface area (Å²) in [6.45, 7) is 4.71. The topological polar surface area (TPSA) is 105 Å². The maximum Gasteiger partial charge on any atom is 0.472 e. The van der Waals surface area contributed by atoms with E-state index in [1.54, 1.807) is 6.08 Å². The van der Waals surface area contributed by atoms with Gasteiger partial charge in [0.2, 0.25) is 5.91 Å². The van der Waals surface area contributed by atoms with Crippen LogP contribution >= 0.6 is 7.82 Å². The molecule has 0 aliphatic heterocycles. The lowest BCUT2D eigenvalue weighted by molar-refractivity contribution is -0.870. The summed E-state index contributed by atoms with van der Waals surface area (Å²) < 4.78 is 23.8. The van der Waals surface area contributed by atoms with Crippen LogP contribution in [0.15, 0.2) is 85.1 Å². The SMILES string of the molecule is CC/C=C\C/C=C\C/C=C\C/C=C\C/C=C\CCCCCCCCCCCCCCCC(=O)NC(COP(=O)(O)OCC[N+](C)(C)C)C(O)/C=C/CC/C=C/CCCCCCCCCCCCCCCCCCCCCCCCC. The molecular weight excluding hydrogens is 1010 g/mol. The Morgan fingerprint density at radius 1 is 0.438 bits per heavy atom. The van der Waals surface area contributed by atoms with Crippen LogP contribution in [0.4, 0.5) is 0 Å². The van der Waals surface area contributed by atoms with Crippen LogP contribution in [0.1, 0.15) is 309 Å². The van der Waals surface area contributed by atoms with Crippen molar-refractivity contribution in [1.82, 2.24) is 5.32 Å². The standard InChI is InChI=1S/C71H131N2O6P/c1-6-8-10-12-14-16-18-20-22-24-26-28-30-32-34-36-38-40-42-44-46-48-50-52-54-56-58-60-62-64-70(74)69(68-79-80(76,77)78-67-66-73(3,4)5)72-71(75)65-63-61-59-57-55-53-51-49-47-45-43-41-39-37-35-33-31-29-27-25-23-21-19-17-15-13-11-9-7-2/h9,11,15,17,21,23,27,29,33,35,54,56,62,64,69-70,74H,6-8,10,12-14,16,18-20,22,24-26,28,30-32,34,36-53,55,57-61,63,65-68H2,1-5H3,(H-,72,75,76,77)/p+1/b11-9-,17-15-,23-21-,29-27-,35-33-,56-54+,64-62+. The van der Waals surface area contributed by atoms with Gasteiger partial charge >= 0.3 is 7.82 Å². The highest BCUT2D eigenvalue weighted by Gasteiger charge is 2.28. The summed E-state index contributed by atoms with van der Waals surface area (Å²) in [5.74, 6) is -0.188. The molecule has 0 aromatic heterocycles. The quantitative estimate of drug-likeness (QED) is 0.0243. The van der Waals surface area contributed by atoms with Gasteiger partial charge in [0.25, 0.3) is 0 Å². The molecule has 0 saturated carbocycles. The van der Waals surface area contributed by atoms with Crippen molar-refractivity contribution in [3.8, 4) is 0 Å². The number of hydrogen-bond acceptors (Lipinski definition) is 5. The van der Waals surface area contributed by atoms with Crippen molar-refractivity contribution >= 4 is 13.7 Å². The van der Waals surface area contributed by atoms with Gasteiger partial charge in [-0.3, -0.25) is 13.8 Å². The van der Waals surface area contributed by atoms with Gasteiger partial charge in [-0.15, -0.1) is 0 Å². The van der Waals surface area contributed by atoms with E-state index in [9.17, 15) is 19.4 Å². The molecule has 0 aliphatic carbocycles. The monoisotopic (exact) mass is 1140 g/mol. The third-order valence-corrected chi connectivity index (χ3v) is 16.1. The van der Waals surface area contributed by atoms with Gasteiger partial charge in [0.15, 0.2) is 0 Å². The van der Waals surface area contributed by atoms with Crippen LogP contribution in [0.5, 0.6) is 0 Å². The zero-order chi connectivity index (χ0) is 58.4. The minimum atomic E-state index is -4.37. The number of phosphoric acid groups is 1. The van der Waals surface area contributed by atoms with E-state index in [1.165, 1.54) is 218 Å². The maximum atomic E-state index is 13.0. The number of carbonyl (C=O) groups excluding carboxylic acids is 1. The molecule has 0 aromatic carbocycles. The molecule has 0 rings (SSSR count). The van der Waals surface area contributed by atoms with Gasteiger partial charge in [-0.2, -0.15) is 0 Å². The van der Waals surface area contributed by atoms with Crippen LogP contribution < -0.4 is 5.32 Å². The number of rotatable bonds is 62. The Morgan fingerprint density at radius 3 is 1.15 bits per heavy atom. The Balaban J connectivity index is 4.14. The number of nitrogens with one attached hydrogen (secondary N) is 1. The smallest absolute Gasteiger partial charge is 0.387 e. The molecular formula is C71H132N2O6P+. The molecule has 9 heteroatoms. The summed E-state index contributed by atoms with van der Waals surface area (Å²) >= 11 is 0. The number of likely N-dealkylation sites (N-methyl/N-ethyl adjacent to an activating group) is 1. The van der Waals surface area contributed by atoms with E-state index in [0.717, 1.165) is 70.6 Å². The number of aliphatic hydroxyl groups is 1. The first-order valence-electron chi connectivity index (χ1n) is 34.0. The summed E-state index contributed by atoms with van der Waals surface area (Å²) in [7, 11) is 1.55. The molecule has 3 atom stereocenters. The summed E-state index contributed by atoms with van der Waals surface area (Å²) in [5.41, 5.74) is 0. The van der Waals surface area contributed by atoms with E-state index in [1.807, 2.05) is 27.2 Å². The van der Waals surface area contributed by atoms with Gasteiger partial charge in [0.1, 0.15) is 13.2 Å². The average molecular weight is 1140 g/mol. The molecule has 0 radical (unpaired) electrons. The molecule has 3 unspecified atom stereocenters. The van der Waals surface area contributed by atoms with Crippen LogP contribution in [-0.4, -0.2) is 73.4 Å². The minimum Gasteiger partial charge on any atom is -0.387 e. The number of allylic oxidation sites excluding steroid dienone is 13. The van der Waals surface area contributed by atoms with Crippen LogP contribution in [-0.2, 0) is 18.4 Å². The second-order valence-electron chi connectivity index (χ2n) is 24.2. The van der Waals surface area contributed by atoms with Crippen molar-refractivity contribution in [1.29, 1.82) is 0 Å². The lowest BCUT2D eigenvalue weighted by atomic mass is 10.0. The van der Waals surface area contributed by atoms with Crippen molar-refractivity contribution in [2.45, 2.75) is 321 Å². The van der Waals surface area contributed by atoms with Crippen LogP contribution in [0.2, 0.25) is 0 Å². The molecule has 0 aliphatic rings.